The number of rotatable bonds is 4. The Morgan fingerprint density at radius 3 is 1.88 bits per heavy atom. The first-order valence-electron chi connectivity index (χ1n) is 10.4. The van der Waals surface area contributed by atoms with Crippen LogP contribution in [0, 0.1) is 12.7 Å². The van der Waals surface area contributed by atoms with E-state index in [9.17, 15) is 17.6 Å². The van der Waals surface area contributed by atoms with Gasteiger partial charge < -0.3 is 4.90 Å². The fourth-order valence-electron chi connectivity index (χ4n) is 3.56. The van der Waals surface area contributed by atoms with Crippen LogP contribution in [0.4, 0.5) is 10.1 Å². The highest BCUT2D eigenvalue weighted by Crippen LogP contribution is 2.37. The summed E-state index contributed by atoms with van der Waals surface area (Å²) in [6.07, 6.45) is 1.16. The smallest absolute Gasteiger partial charge is 0.259 e. The van der Waals surface area contributed by atoms with Crippen molar-refractivity contribution >= 4 is 32.6 Å². The van der Waals surface area contributed by atoms with Crippen LogP contribution in [0.25, 0.3) is 11.1 Å². The second kappa shape index (κ2) is 9.49. The van der Waals surface area contributed by atoms with Crippen molar-refractivity contribution in [3.63, 3.8) is 0 Å². The van der Waals surface area contributed by atoms with Crippen molar-refractivity contribution in [3.8, 4) is 0 Å². The molecule has 0 fully saturated rings. The van der Waals surface area contributed by atoms with Crippen LogP contribution < -0.4 is 4.90 Å². The number of aryl methyl sites for hydroxylation is 1. The van der Waals surface area contributed by atoms with Gasteiger partial charge in [-0.15, -0.1) is 0 Å². The molecule has 3 aromatic rings. The molecule has 1 heterocycles. The summed E-state index contributed by atoms with van der Waals surface area (Å²) in [5, 5.41) is 0. The Labute approximate surface area is 188 Å². The lowest BCUT2D eigenvalue weighted by atomic mass is 9.97. The molecule has 0 saturated heterocycles. The molecule has 1 aliphatic heterocycles. The summed E-state index contributed by atoms with van der Waals surface area (Å²) in [7, 11) is -3.32. The van der Waals surface area contributed by atoms with Gasteiger partial charge in [0.2, 0.25) is 0 Å². The van der Waals surface area contributed by atoms with Crippen LogP contribution in [0.1, 0.15) is 30.5 Å². The molecule has 166 valence electrons. The summed E-state index contributed by atoms with van der Waals surface area (Å²) in [6.45, 7) is 6.32. The summed E-state index contributed by atoms with van der Waals surface area (Å²) in [5.41, 5.74) is 4.50. The van der Waals surface area contributed by atoms with E-state index in [1.807, 2.05) is 45.0 Å². The van der Waals surface area contributed by atoms with Gasteiger partial charge in [0.15, 0.2) is 9.84 Å². The largest absolute Gasteiger partial charge is 0.304 e. The molecule has 0 spiro atoms. The zero-order valence-corrected chi connectivity index (χ0v) is 19.4. The molecule has 0 N–H and O–H groups in total. The number of sulfone groups is 1. The van der Waals surface area contributed by atoms with Crippen LogP contribution in [0.2, 0.25) is 0 Å². The lowest BCUT2D eigenvalue weighted by molar-refractivity contribution is -0.112. The Balaban J connectivity index is 0.00000141. The van der Waals surface area contributed by atoms with Crippen molar-refractivity contribution < 1.29 is 17.6 Å². The summed E-state index contributed by atoms with van der Waals surface area (Å²) in [4.78, 5) is 15.3. The first-order chi connectivity index (χ1) is 15.2. The summed E-state index contributed by atoms with van der Waals surface area (Å²) in [6, 6.07) is 20.0. The van der Waals surface area contributed by atoms with Crippen LogP contribution in [0.3, 0.4) is 0 Å². The Kier molecular flexibility index (Phi) is 6.94. The third-order valence-electron chi connectivity index (χ3n) is 5.19. The van der Waals surface area contributed by atoms with Gasteiger partial charge >= 0.3 is 0 Å². The topological polar surface area (TPSA) is 54.5 Å². The highest BCUT2D eigenvalue weighted by molar-refractivity contribution is 7.90. The van der Waals surface area contributed by atoms with E-state index in [4.69, 9.17) is 0 Å². The highest BCUT2D eigenvalue weighted by Gasteiger charge is 2.33. The molecule has 6 heteroatoms. The number of hydrogen-bond acceptors (Lipinski definition) is 3. The van der Waals surface area contributed by atoms with Crippen molar-refractivity contribution in [2.45, 2.75) is 25.7 Å². The van der Waals surface area contributed by atoms with Crippen LogP contribution >= 0.6 is 0 Å². The molecule has 0 aliphatic carbocycles. The molecule has 0 aromatic heterocycles. The van der Waals surface area contributed by atoms with E-state index in [0.717, 1.165) is 28.6 Å². The Bertz CT molecular complexity index is 1240. The van der Waals surface area contributed by atoms with Crippen molar-refractivity contribution in [1.82, 2.24) is 0 Å². The third-order valence-corrected chi connectivity index (χ3v) is 6.31. The molecule has 4 rings (SSSR count). The first-order valence-corrected chi connectivity index (χ1v) is 12.3. The van der Waals surface area contributed by atoms with Crippen molar-refractivity contribution in [1.29, 1.82) is 0 Å². The van der Waals surface area contributed by atoms with Gasteiger partial charge in [-0.2, -0.15) is 0 Å². The summed E-state index contributed by atoms with van der Waals surface area (Å²) in [5.74, 6) is -0.549. The van der Waals surface area contributed by atoms with Gasteiger partial charge in [0, 0.05) is 11.9 Å². The monoisotopic (exact) mass is 451 g/mol. The maximum Gasteiger partial charge on any atom is 0.259 e. The van der Waals surface area contributed by atoms with Gasteiger partial charge in [0.05, 0.1) is 17.0 Å². The third kappa shape index (κ3) is 4.81. The van der Waals surface area contributed by atoms with Gasteiger partial charge in [-0.25, -0.2) is 12.8 Å². The number of carbonyl (C=O) groups excluding carboxylic acids is 1. The van der Waals surface area contributed by atoms with E-state index in [2.05, 4.69) is 0 Å². The zero-order chi connectivity index (χ0) is 23.5. The van der Waals surface area contributed by atoms with Crippen LogP contribution in [-0.4, -0.2) is 27.1 Å². The van der Waals surface area contributed by atoms with E-state index in [1.54, 1.807) is 41.3 Å². The Morgan fingerprint density at radius 2 is 1.34 bits per heavy atom. The second-order valence-electron chi connectivity index (χ2n) is 7.38. The number of halogens is 1. The first kappa shape index (κ1) is 23.4. The van der Waals surface area contributed by atoms with Crippen LogP contribution in [0.15, 0.2) is 77.7 Å². The normalized spacial score (nSPS) is 13.8. The molecule has 0 unspecified atom stereocenters. The maximum absolute atomic E-state index is 13.5. The Hall–Kier alpha value is -3.25. The summed E-state index contributed by atoms with van der Waals surface area (Å²) < 4.78 is 37.0. The molecular formula is C26H26FNO3S. The minimum atomic E-state index is -3.32. The predicted molar refractivity (Wildman–Crippen MR) is 128 cm³/mol. The SMILES string of the molecule is CC.Cc1ccc(N2CC(c3ccc(S(C)(=O)=O)cc3)=C(c3ccc(F)cc3)C2=O)cc1. The van der Waals surface area contributed by atoms with Crippen molar-refractivity contribution in [2.24, 2.45) is 0 Å². The van der Waals surface area contributed by atoms with Crippen LogP contribution in [0.5, 0.6) is 0 Å². The molecule has 1 aliphatic rings. The minimum absolute atomic E-state index is 0.173. The second-order valence-corrected chi connectivity index (χ2v) is 9.40. The van der Waals surface area contributed by atoms with Gasteiger partial charge in [0.25, 0.3) is 5.91 Å². The molecule has 1 amide bonds. The molecule has 0 radical (unpaired) electrons. The lowest BCUT2D eigenvalue weighted by Gasteiger charge is -2.17. The number of anilines is 1. The fourth-order valence-corrected chi connectivity index (χ4v) is 4.19. The predicted octanol–water partition coefficient (Wildman–Crippen LogP) is 5.52. The van der Waals surface area contributed by atoms with Gasteiger partial charge in [0.1, 0.15) is 5.82 Å². The quantitative estimate of drug-likeness (QED) is 0.525. The van der Waals surface area contributed by atoms with Gasteiger partial charge in [-0.3, -0.25) is 4.79 Å². The van der Waals surface area contributed by atoms with E-state index in [0.29, 0.717) is 17.7 Å². The van der Waals surface area contributed by atoms with Gasteiger partial charge in [-0.05, 0) is 60.0 Å². The molecular weight excluding hydrogens is 425 g/mol. The number of carbonyl (C=O) groups is 1. The van der Waals surface area contributed by atoms with E-state index >= 15 is 0 Å². The van der Waals surface area contributed by atoms with Crippen molar-refractivity contribution in [2.75, 3.05) is 17.7 Å². The average Bonchev–Trinajstić information content (AvgIpc) is 3.13. The summed E-state index contributed by atoms with van der Waals surface area (Å²) >= 11 is 0. The Morgan fingerprint density at radius 1 is 0.812 bits per heavy atom. The lowest BCUT2D eigenvalue weighted by Crippen LogP contribution is -2.26. The number of benzene rings is 3. The molecule has 0 atom stereocenters. The molecule has 4 nitrogen and oxygen atoms in total. The molecule has 32 heavy (non-hydrogen) atoms. The molecule has 0 saturated carbocycles. The molecule has 3 aromatic carbocycles. The van der Waals surface area contributed by atoms with Crippen LogP contribution in [-0.2, 0) is 14.6 Å². The fraction of sp³-hybridized carbons (Fsp3) is 0.192. The van der Waals surface area contributed by atoms with E-state index < -0.39 is 9.84 Å². The average molecular weight is 452 g/mol. The van der Waals surface area contributed by atoms with Crippen molar-refractivity contribution in [3.05, 3.63) is 95.3 Å². The number of nitrogens with zero attached hydrogens (tertiary/aromatic N) is 1. The van der Waals surface area contributed by atoms with Gasteiger partial charge in [-0.1, -0.05) is 55.8 Å². The standard InChI is InChI=1S/C24H20FNO3S.C2H6/c1-16-3-11-20(12-4-16)26-15-22(17-7-13-21(14-8-17)30(2,28)29)23(24(26)27)18-5-9-19(25)10-6-18;1-2/h3-14H,15H2,1-2H3;1-2H3. The zero-order valence-electron chi connectivity index (χ0n) is 18.6. The van der Waals surface area contributed by atoms with E-state index in [1.165, 1.54) is 12.1 Å². The maximum atomic E-state index is 13.5. The number of hydrogen-bond donors (Lipinski definition) is 0. The minimum Gasteiger partial charge on any atom is -0.304 e. The molecule has 0 bridgehead atoms. The number of amides is 1. The highest BCUT2D eigenvalue weighted by atomic mass is 32.2. The van der Waals surface area contributed by atoms with E-state index in [-0.39, 0.29) is 16.6 Å².